The van der Waals surface area contributed by atoms with Crippen molar-refractivity contribution in [1.29, 1.82) is 0 Å². The van der Waals surface area contributed by atoms with E-state index < -0.39 is 21.3 Å². The Morgan fingerprint density at radius 1 is 0.636 bits per heavy atom. The summed E-state index contributed by atoms with van der Waals surface area (Å²) in [6.45, 7) is 14.1. The van der Waals surface area contributed by atoms with E-state index in [9.17, 15) is 0 Å². The molecule has 3 heteroatoms. The molecule has 0 spiro atoms. The molecule has 0 amide bonds. The van der Waals surface area contributed by atoms with Crippen LogP contribution in [0.1, 0.15) is 85.0 Å². The molecule has 0 bridgehead atoms. The molecule has 0 saturated carbocycles. The van der Waals surface area contributed by atoms with Crippen molar-refractivity contribution < 1.29 is 21.3 Å². The molecule has 0 fully saturated rings. The fourth-order valence-electron chi connectivity index (χ4n) is 6.70. The molecule has 0 nitrogen and oxygen atoms in total. The quantitative estimate of drug-likeness (QED) is 0.188. The molecule has 2 aliphatic carbocycles. The zero-order valence-electron chi connectivity index (χ0n) is 27.0. The molecule has 0 N–H and O–H groups in total. The third-order valence-electron chi connectivity index (χ3n) is 9.06. The van der Waals surface area contributed by atoms with Gasteiger partial charge in [0, 0.05) is 0 Å². The number of fused-ring (bicyclic) bond motifs is 3. The summed E-state index contributed by atoms with van der Waals surface area (Å²) in [5.41, 5.74) is 12.1. The van der Waals surface area contributed by atoms with Crippen LogP contribution in [0.5, 0.6) is 0 Å². The largest absolute Gasteiger partial charge is 0.147 e. The summed E-state index contributed by atoms with van der Waals surface area (Å²) < 4.78 is 4.03. The summed E-state index contributed by atoms with van der Waals surface area (Å²) in [5, 5.41) is 0. The maximum atomic E-state index is 2.54. The number of benzene rings is 4. The van der Waals surface area contributed by atoms with Crippen LogP contribution in [-0.2, 0) is 44.9 Å². The van der Waals surface area contributed by atoms with E-state index in [1.165, 1.54) is 33.4 Å². The topological polar surface area (TPSA) is 0 Å². The zero-order valence-corrected chi connectivity index (χ0v) is 31.1. The Balaban J connectivity index is 0.00000221. The van der Waals surface area contributed by atoms with Gasteiger partial charge in [-0.1, -0.05) is 0 Å². The van der Waals surface area contributed by atoms with Crippen LogP contribution in [0, 0.1) is 0 Å². The number of hydrogen-bond acceptors (Lipinski definition) is 0. The maximum absolute atomic E-state index is 2.54. The van der Waals surface area contributed by atoms with E-state index in [4.69, 9.17) is 0 Å². The Labute approximate surface area is 285 Å². The first-order valence-electron chi connectivity index (χ1n) is 15.5. The van der Waals surface area contributed by atoms with E-state index in [1.807, 2.05) is 0 Å². The van der Waals surface area contributed by atoms with Gasteiger partial charge in [0.1, 0.15) is 0 Å². The Kier molecular flexibility index (Phi) is 11.0. The average molecular weight is 701 g/mol. The van der Waals surface area contributed by atoms with Gasteiger partial charge in [-0.25, -0.2) is 0 Å². The van der Waals surface area contributed by atoms with Crippen LogP contribution >= 0.6 is 24.8 Å². The van der Waals surface area contributed by atoms with Crippen LogP contribution in [0.25, 0.3) is 11.1 Å². The van der Waals surface area contributed by atoms with Gasteiger partial charge in [-0.2, -0.15) is 0 Å². The van der Waals surface area contributed by atoms with Crippen LogP contribution < -0.4 is 0 Å². The van der Waals surface area contributed by atoms with Crippen molar-refractivity contribution >= 4 is 28.0 Å². The summed E-state index contributed by atoms with van der Waals surface area (Å²) in [6.07, 6.45) is 10.5. The fraction of sp³-hybridized carbons (Fsp3) is 0.293. The molecule has 0 heterocycles. The zero-order chi connectivity index (χ0) is 29.5. The minimum atomic E-state index is -2.49. The number of allylic oxidation sites excluding steroid dienone is 4. The normalized spacial score (nSPS) is 13.8. The molecular weight excluding hydrogens is 655 g/mol. The van der Waals surface area contributed by atoms with Crippen LogP contribution in [0.15, 0.2) is 119 Å². The first-order chi connectivity index (χ1) is 20.1. The minimum absolute atomic E-state index is 0. The molecule has 0 radical (unpaired) electrons. The van der Waals surface area contributed by atoms with E-state index in [0.29, 0.717) is 3.63 Å². The molecule has 4 aromatic rings. The summed E-state index contributed by atoms with van der Waals surface area (Å²) in [7, 11) is 0. The molecule has 2 aliphatic rings. The van der Waals surface area contributed by atoms with Crippen LogP contribution in [0.4, 0.5) is 0 Å². The van der Waals surface area contributed by atoms with Crippen molar-refractivity contribution in [2.75, 3.05) is 0 Å². The molecular formula is C41H46Cl2Zr. The second-order valence-corrected chi connectivity index (χ2v) is 21.0. The fourth-order valence-corrected chi connectivity index (χ4v) is 15.9. The molecule has 0 unspecified atom stereocenters. The first kappa shape index (κ1) is 34.6. The van der Waals surface area contributed by atoms with E-state index in [0.717, 1.165) is 19.3 Å². The van der Waals surface area contributed by atoms with E-state index in [-0.39, 0.29) is 35.6 Å². The Hall–Kier alpha value is -2.31. The summed E-state index contributed by atoms with van der Waals surface area (Å²) in [4.78, 5) is 0. The van der Waals surface area contributed by atoms with Crippen LogP contribution in [-0.4, -0.2) is 3.21 Å². The van der Waals surface area contributed by atoms with Gasteiger partial charge in [0.2, 0.25) is 0 Å². The molecule has 0 saturated heterocycles. The van der Waals surface area contributed by atoms with Crippen molar-refractivity contribution in [2.24, 2.45) is 0 Å². The minimum Gasteiger partial charge on any atom is -0.147 e. The third kappa shape index (κ3) is 7.22. The summed E-state index contributed by atoms with van der Waals surface area (Å²) in [5.74, 6) is 0. The molecule has 0 aromatic heterocycles. The SMILES string of the molecule is CC(C)(C)c1ccc2c(c1)-c1cc(C(C)(C)C)ccc1[CH]2[Zr]([C]1=CC=CC1)=[C](Cc1ccccc1)Cc1ccccc1.Cl.Cl. The van der Waals surface area contributed by atoms with Crippen molar-refractivity contribution in [2.45, 2.75) is 75.3 Å². The van der Waals surface area contributed by atoms with Gasteiger partial charge >= 0.3 is 263 Å². The molecule has 6 rings (SSSR count). The van der Waals surface area contributed by atoms with Crippen molar-refractivity contribution in [3.8, 4) is 11.1 Å². The van der Waals surface area contributed by atoms with Crippen molar-refractivity contribution in [1.82, 2.24) is 0 Å². The van der Waals surface area contributed by atoms with Gasteiger partial charge in [0.25, 0.3) is 0 Å². The van der Waals surface area contributed by atoms with Gasteiger partial charge in [0.05, 0.1) is 0 Å². The Bertz CT molecular complexity index is 1590. The second-order valence-electron chi connectivity index (χ2n) is 14.2. The predicted octanol–water partition coefficient (Wildman–Crippen LogP) is 11.3. The molecule has 228 valence electrons. The van der Waals surface area contributed by atoms with Crippen molar-refractivity contribution in [3.05, 3.63) is 152 Å². The maximum Gasteiger partial charge on any atom is -0.147 e. The molecule has 44 heavy (non-hydrogen) atoms. The van der Waals surface area contributed by atoms with Gasteiger partial charge in [-0.05, 0) is 0 Å². The van der Waals surface area contributed by atoms with E-state index in [1.54, 1.807) is 17.6 Å². The molecule has 4 aromatic carbocycles. The van der Waals surface area contributed by atoms with E-state index in [2.05, 4.69) is 157 Å². The Morgan fingerprint density at radius 3 is 1.48 bits per heavy atom. The van der Waals surface area contributed by atoms with E-state index >= 15 is 0 Å². The van der Waals surface area contributed by atoms with Gasteiger partial charge in [0.15, 0.2) is 0 Å². The molecule has 0 atom stereocenters. The van der Waals surface area contributed by atoms with Crippen LogP contribution in [0.3, 0.4) is 0 Å². The summed E-state index contributed by atoms with van der Waals surface area (Å²) >= 11 is -2.49. The van der Waals surface area contributed by atoms with Crippen LogP contribution in [0.2, 0.25) is 0 Å². The third-order valence-corrected chi connectivity index (χ3v) is 17.4. The van der Waals surface area contributed by atoms with Gasteiger partial charge < -0.3 is 0 Å². The van der Waals surface area contributed by atoms with Gasteiger partial charge in [-0.3, -0.25) is 0 Å². The smallest absolute Gasteiger partial charge is 0.147 e. The standard InChI is InChI=1S/C21H25.C15H14.C5H5.2ClH.Zr/c1-20(2,3)16-9-7-14-11-15-8-10-17(21(4,5)6)13-19(15)18(14)12-16;1-3-8-14(9-4-1)12-7-13-15-10-5-2-6-11-15;1-2-4-5-3-1;;;/h7-13H,1-6H3;1-6,8-11H,12-13H2;1-3H,4H2;2*1H;. The molecule has 0 aliphatic heterocycles. The predicted molar refractivity (Wildman–Crippen MR) is 193 cm³/mol. The second kappa shape index (κ2) is 14.0. The summed E-state index contributed by atoms with van der Waals surface area (Å²) in [6, 6.07) is 37.4. The average Bonchev–Trinajstić information content (AvgIpc) is 3.60. The monoisotopic (exact) mass is 698 g/mol. The number of halogens is 2. The Morgan fingerprint density at radius 2 is 1.09 bits per heavy atom. The number of rotatable bonds is 6. The van der Waals surface area contributed by atoms with Crippen molar-refractivity contribution in [3.63, 3.8) is 0 Å². The first-order valence-corrected chi connectivity index (χ1v) is 19.4. The van der Waals surface area contributed by atoms with Gasteiger partial charge in [-0.15, -0.1) is 24.8 Å². The number of hydrogen-bond donors (Lipinski definition) is 0.